The van der Waals surface area contributed by atoms with Crippen LogP contribution in [0, 0.1) is 5.92 Å². The van der Waals surface area contributed by atoms with Gasteiger partial charge in [0.05, 0.1) is 18.9 Å². The third-order valence-corrected chi connectivity index (χ3v) is 4.75. The number of piperidine rings is 1. The van der Waals surface area contributed by atoms with Crippen molar-refractivity contribution >= 4 is 17.8 Å². The van der Waals surface area contributed by atoms with Crippen molar-refractivity contribution in [1.82, 2.24) is 10.2 Å². The summed E-state index contributed by atoms with van der Waals surface area (Å²) in [4.78, 5) is 37.9. The summed E-state index contributed by atoms with van der Waals surface area (Å²) in [6.07, 6.45) is 4.03. The van der Waals surface area contributed by atoms with Gasteiger partial charge in [-0.1, -0.05) is 24.3 Å². The highest BCUT2D eigenvalue weighted by molar-refractivity contribution is 5.86. The summed E-state index contributed by atoms with van der Waals surface area (Å²) in [7, 11) is 0. The van der Waals surface area contributed by atoms with E-state index in [1.807, 2.05) is 30.3 Å². The van der Waals surface area contributed by atoms with E-state index in [1.165, 1.54) is 0 Å². The highest BCUT2D eigenvalue weighted by Gasteiger charge is 2.30. The monoisotopic (exact) mass is 388 g/mol. The lowest BCUT2D eigenvalue weighted by molar-refractivity contribution is -0.144. The molecule has 0 bridgehead atoms. The Morgan fingerprint density at radius 2 is 2.07 bits per heavy atom. The number of benzene rings is 1. The number of allylic oxidation sites excluding steroid dienone is 1. The van der Waals surface area contributed by atoms with Gasteiger partial charge in [-0.05, 0) is 37.8 Å². The predicted octanol–water partition coefficient (Wildman–Crippen LogP) is 2.23. The van der Waals surface area contributed by atoms with Crippen molar-refractivity contribution in [3.05, 3.63) is 43.0 Å². The van der Waals surface area contributed by atoms with E-state index in [-0.39, 0.29) is 24.8 Å². The molecule has 2 rings (SSSR count). The maximum absolute atomic E-state index is 12.5. The molecule has 1 aliphatic heterocycles. The van der Waals surface area contributed by atoms with Crippen LogP contribution in [0.5, 0.6) is 5.75 Å². The Morgan fingerprint density at radius 1 is 1.32 bits per heavy atom. The number of amides is 2. The standard InChI is InChI=1S/C21H28N2O5/c1-2-3-11-18(21(26)27)22-20(25)16-8-7-13-23(15-16)19(24)12-14-28-17-9-5-4-6-10-17/h2,4-6,9-10,16,18H,1,3,7-8,11-15H2,(H,22,25)(H,26,27). The number of aliphatic carboxylic acids is 1. The summed E-state index contributed by atoms with van der Waals surface area (Å²) >= 11 is 0. The number of rotatable bonds is 10. The molecule has 1 saturated heterocycles. The second-order valence-corrected chi connectivity index (χ2v) is 6.86. The van der Waals surface area contributed by atoms with Gasteiger partial charge in [-0.3, -0.25) is 9.59 Å². The third kappa shape index (κ3) is 6.72. The molecule has 7 nitrogen and oxygen atoms in total. The van der Waals surface area contributed by atoms with Crippen LogP contribution in [0.3, 0.4) is 0 Å². The Hall–Kier alpha value is -2.83. The number of carbonyl (C=O) groups excluding carboxylic acids is 2. The molecule has 0 spiro atoms. The lowest BCUT2D eigenvalue weighted by atomic mass is 9.96. The van der Waals surface area contributed by atoms with Crippen LogP contribution in [0.25, 0.3) is 0 Å². The van der Waals surface area contributed by atoms with Gasteiger partial charge in [0.2, 0.25) is 11.8 Å². The zero-order chi connectivity index (χ0) is 20.4. The van der Waals surface area contributed by atoms with Gasteiger partial charge in [-0.15, -0.1) is 6.58 Å². The topological polar surface area (TPSA) is 95.9 Å². The fraction of sp³-hybridized carbons (Fsp3) is 0.476. The fourth-order valence-corrected chi connectivity index (χ4v) is 3.18. The van der Waals surface area contributed by atoms with E-state index in [2.05, 4.69) is 11.9 Å². The zero-order valence-electron chi connectivity index (χ0n) is 16.0. The molecular formula is C21H28N2O5. The predicted molar refractivity (Wildman–Crippen MR) is 105 cm³/mol. The first kappa shape index (κ1) is 21.5. The van der Waals surface area contributed by atoms with E-state index in [1.54, 1.807) is 11.0 Å². The summed E-state index contributed by atoms with van der Waals surface area (Å²) in [5.41, 5.74) is 0. The van der Waals surface area contributed by atoms with Crippen molar-refractivity contribution in [3.8, 4) is 5.75 Å². The van der Waals surface area contributed by atoms with Crippen LogP contribution in [0.15, 0.2) is 43.0 Å². The first-order chi connectivity index (χ1) is 13.5. The molecule has 1 aliphatic rings. The number of para-hydroxylation sites is 1. The van der Waals surface area contributed by atoms with Crippen molar-refractivity contribution in [2.75, 3.05) is 19.7 Å². The Labute approximate surface area is 165 Å². The maximum atomic E-state index is 12.5. The van der Waals surface area contributed by atoms with Crippen molar-refractivity contribution in [3.63, 3.8) is 0 Å². The van der Waals surface area contributed by atoms with Gasteiger partial charge in [0, 0.05) is 13.1 Å². The van der Waals surface area contributed by atoms with Gasteiger partial charge in [-0.2, -0.15) is 0 Å². The van der Waals surface area contributed by atoms with Crippen molar-refractivity contribution in [1.29, 1.82) is 0 Å². The molecule has 7 heteroatoms. The van der Waals surface area contributed by atoms with Gasteiger partial charge in [0.15, 0.2) is 0 Å². The number of carboxylic acids is 1. The molecule has 1 heterocycles. The van der Waals surface area contributed by atoms with E-state index < -0.39 is 17.9 Å². The van der Waals surface area contributed by atoms with E-state index >= 15 is 0 Å². The number of carbonyl (C=O) groups is 3. The van der Waals surface area contributed by atoms with Gasteiger partial charge in [0.25, 0.3) is 0 Å². The zero-order valence-corrected chi connectivity index (χ0v) is 16.0. The van der Waals surface area contributed by atoms with Crippen LogP contribution in [0.4, 0.5) is 0 Å². The quantitative estimate of drug-likeness (QED) is 0.599. The SMILES string of the molecule is C=CCCC(NC(=O)C1CCCN(C(=O)CCOc2ccccc2)C1)C(=O)O. The minimum absolute atomic E-state index is 0.0603. The minimum Gasteiger partial charge on any atom is -0.493 e. The second-order valence-electron chi connectivity index (χ2n) is 6.86. The average molecular weight is 388 g/mol. The smallest absolute Gasteiger partial charge is 0.326 e. The number of nitrogens with zero attached hydrogens (tertiary/aromatic N) is 1. The molecule has 2 amide bonds. The summed E-state index contributed by atoms with van der Waals surface area (Å²) in [6.45, 7) is 4.76. The number of nitrogens with one attached hydrogen (secondary N) is 1. The van der Waals surface area contributed by atoms with Gasteiger partial charge in [0.1, 0.15) is 11.8 Å². The van der Waals surface area contributed by atoms with Crippen LogP contribution in [-0.2, 0) is 14.4 Å². The molecule has 1 aromatic rings. The molecule has 0 aromatic heterocycles. The lowest BCUT2D eigenvalue weighted by Gasteiger charge is -2.32. The maximum Gasteiger partial charge on any atom is 0.326 e. The summed E-state index contributed by atoms with van der Waals surface area (Å²) in [5.74, 6) is -1.11. The average Bonchev–Trinajstić information content (AvgIpc) is 2.71. The van der Waals surface area contributed by atoms with Crippen molar-refractivity contribution in [2.24, 2.45) is 5.92 Å². The molecule has 28 heavy (non-hydrogen) atoms. The number of likely N-dealkylation sites (tertiary alicyclic amines) is 1. The van der Waals surface area contributed by atoms with E-state index in [4.69, 9.17) is 4.74 Å². The Balaban J connectivity index is 1.81. The van der Waals surface area contributed by atoms with Crippen LogP contribution in [0.1, 0.15) is 32.1 Å². The highest BCUT2D eigenvalue weighted by atomic mass is 16.5. The lowest BCUT2D eigenvalue weighted by Crippen LogP contribution is -2.49. The number of hydrogen-bond acceptors (Lipinski definition) is 4. The van der Waals surface area contributed by atoms with Crippen LogP contribution < -0.4 is 10.1 Å². The summed E-state index contributed by atoms with van der Waals surface area (Å²) in [6, 6.07) is 8.35. The van der Waals surface area contributed by atoms with Crippen LogP contribution in [-0.4, -0.2) is 53.5 Å². The van der Waals surface area contributed by atoms with E-state index in [9.17, 15) is 19.5 Å². The largest absolute Gasteiger partial charge is 0.493 e. The first-order valence-electron chi connectivity index (χ1n) is 9.61. The fourth-order valence-electron chi connectivity index (χ4n) is 3.18. The Bertz CT molecular complexity index is 677. The van der Waals surface area contributed by atoms with E-state index in [0.29, 0.717) is 44.5 Å². The summed E-state index contributed by atoms with van der Waals surface area (Å²) < 4.78 is 5.56. The molecule has 2 N–H and O–H groups in total. The number of carboxylic acid groups (broad SMARTS) is 1. The molecule has 0 saturated carbocycles. The molecular weight excluding hydrogens is 360 g/mol. The third-order valence-electron chi connectivity index (χ3n) is 4.75. The molecule has 1 fully saturated rings. The molecule has 1 aromatic carbocycles. The van der Waals surface area contributed by atoms with Crippen LogP contribution in [0.2, 0.25) is 0 Å². The molecule has 2 unspecified atom stereocenters. The Kier molecular flexibility index (Phi) is 8.52. The van der Waals surface area contributed by atoms with Gasteiger partial charge in [-0.25, -0.2) is 4.79 Å². The van der Waals surface area contributed by atoms with Crippen molar-refractivity contribution in [2.45, 2.75) is 38.1 Å². The molecule has 0 radical (unpaired) electrons. The summed E-state index contributed by atoms with van der Waals surface area (Å²) in [5, 5.41) is 11.8. The Morgan fingerprint density at radius 3 is 2.75 bits per heavy atom. The van der Waals surface area contributed by atoms with Crippen LogP contribution >= 0.6 is 0 Å². The number of ether oxygens (including phenoxy) is 1. The van der Waals surface area contributed by atoms with Gasteiger partial charge < -0.3 is 20.1 Å². The second kappa shape index (κ2) is 11.1. The molecule has 2 atom stereocenters. The minimum atomic E-state index is -1.06. The van der Waals surface area contributed by atoms with Crippen molar-refractivity contribution < 1.29 is 24.2 Å². The normalized spacial score (nSPS) is 17.4. The first-order valence-corrected chi connectivity index (χ1v) is 9.61. The van der Waals surface area contributed by atoms with Gasteiger partial charge >= 0.3 is 5.97 Å². The van der Waals surface area contributed by atoms with E-state index in [0.717, 1.165) is 0 Å². The highest BCUT2D eigenvalue weighted by Crippen LogP contribution is 2.18. The molecule has 0 aliphatic carbocycles. The molecule has 152 valence electrons. The number of hydrogen-bond donors (Lipinski definition) is 2.